The number of hydrogen-bond acceptors (Lipinski definition) is 4. The fourth-order valence-corrected chi connectivity index (χ4v) is 5.99. The molecular weight excluding hydrogens is 344 g/mol. The third-order valence-electron chi connectivity index (χ3n) is 6.40. The van der Waals surface area contributed by atoms with Crippen LogP contribution in [0.4, 0.5) is 8.78 Å². The summed E-state index contributed by atoms with van der Waals surface area (Å²) in [6, 6.07) is 0.459. The van der Waals surface area contributed by atoms with Gasteiger partial charge in [-0.25, -0.2) is 8.78 Å². The molecule has 7 heteroatoms. The number of piperidine rings is 1. The van der Waals surface area contributed by atoms with E-state index in [2.05, 4.69) is 10.3 Å². The van der Waals surface area contributed by atoms with E-state index in [1.54, 1.807) is 4.90 Å². The molecule has 3 fully saturated rings. The molecule has 4 rings (SSSR count). The molecule has 0 aromatic heterocycles. The summed E-state index contributed by atoms with van der Waals surface area (Å²) in [5.41, 5.74) is 0. The summed E-state index contributed by atoms with van der Waals surface area (Å²) in [6.07, 6.45) is 6.21. The lowest BCUT2D eigenvalue weighted by Crippen LogP contribution is -2.45. The van der Waals surface area contributed by atoms with Crippen molar-refractivity contribution in [1.29, 1.82) is 0 Å². The van der Waals surface area contributed by atoms with Gasteiger partial charge in [-0.15, -0.1) is 0 Å². The van der Waals surface area contributed by atoms with Gasteiger partial charge in [-0.2, -0.15) is 4.99 Å². The Bertz CT molecular complexity index is 585. The maximum absolute atomic E-state index is 13.5. The van der Waals surface area contributed by atoms with Crippen LogP contribution in [-0.4, -0.2) is 52.3 Å². The molecule has 140 valence electrons. The molecule has 4 aliphatic rings. The highest BCUT2D eigenvalue weighted by molar-refractivity contribution is 8.16. The minimum atomic E-state index is -2.59. The van der Waals surface area contributed by atoms with Crippen LogP contribution in [0.25, 0.3) is 0 Å². The van der Waals surface area contributed by atoms with Gasteiger partial charge in [0.1, 0.15) is 4.75 Å². The van der Waals surface area contributed by atoms with Crippen molar-refractivity contribution in [1.82, 2.24) is 10.2 Å². The number of rotatable bonds is 4. The van der Waals surface area contributed by atoms with Gasteiger partial charge in [0, 0.05) is 19.0 Å². The first-order chi connectivity index (χ1) is 11.8. The zero-order valence-electron chi connectivity index (χ0n) is 14.8. The molecule has 0 spiro atoms. The normalized spacial score (nSPS) is 40.5. The average molecular weight is 371 g/mol. The van der Waals surface area contributed by atoms with Crippen LogP contribution >= 0.6 is 11.8 Å². The van der Waals surface area contributed by atoms with E-state index in [1.165, 1.54) is 37.4 Å². The zero-order valence-corrected chi connectivity index (χ0v) is 15.6. The Balaban J connectivity index is 1.30. The molecule has 25 heavy (non-hydrogen) atoms. The number of alkyl halides is 2. The van der Waals surface area contributed by atoms with Crippen molar-refractivity contribution in [3.05, 3.63) is 0 Å². The molecule has 2 heterocycles. The first kappa shape index (κ1) is 17.7. The van der Waals surface area contributed by atoms with Gasteiger partial charge in [-0.3, -0.25) is 9.69 Å². The largest absolute Gasteiger partial charge is 0.361 e. The van der Waals surface area contributed by atoms with Crippen molar-refractivity contribution in [2.45, 2.75) is 68.6 Å². The number of thioether (sulfide) groups is 1. The third kappa shape index (κ3) is 3.72. The van der Waals surface area contributed by atoms with Crippen LogP contribution < -0.4 is 5.32 Å². The average Bonchev–Trinajstić information content (AvgIpc) is 3.21. The number of amides is 1. The van der Waals surface area contributed by atoms with E-state index in [0.717, 1.165) is 17.0 Å². The molecule has 1 amide bonds. The van der Waals surface area contributed by atoms with E-state index in [1.807, 2.05) is 6.92 Å². The van der Waals surface area contributed by atoms with Crippen LogP contribution in [0.1, 0.15) is 51.9 Å². The number of halogens is 2. The van der Waals surface area contributed by atoms with Crippen molar-refractivity contribution in [3.8, 4) is 0 Å². The Labute approximate surface area is 152 Å². The SMILES string of the molecule is CC1(CCN2CCCC(F)(F)C2)SC(NC2CC3CCC2C3)=NC1=O. The number of carbonyl (C=O) groups is 1. The molecule has 2 aliphatic carbocycles. The van der Waals surface area contributed by atoms with E-state index in [-0.39, 0.29) is 18.9 Å². The summed E-state index contributed by atoms with van der Waals surface area (Å²) in [4.78, 5) is 18.5. The number of amidine groups is 1. The van der Waals surface area contributed by atoms with Crippen LogP contribution in [0.3, 0.4) is 0 Å². The van der Waals surface area contributed by atoms with Crippen molar-refractivity contribution < 1.29 is 13.6 Å². The number of fused-ring (bicyclic) bond motifs is 2. The second kappa shape index (κ2) is 6.48. The van der Waals surface area contributed by atoms with E-state index < -0.39 is 10.7 Å². The second-order valence-corrected chi connectivity index (χ2v) is 9.96. The van der Waals surface area contributed by atoms with Crippen LogP contribution in [0.5, 0.6) is 0 Å². The van der Waals surface area contributed by atoms with Gasteiger partial charge < -0.3 is 5.32 Å². The Kier molecular flexibility index (Phi) is 4.59. The number of aliphatic imine (C=N–C) groups is 1. The van der Waals surface area contributed by atoms with E-state index in [4.69, 9.17) is 0 Å². The minimum absolute atomic E-state index is 0.0187. The van der Waals surface area contributed by atoms with Gasteiger partial charge in [-0.1, -0.05) is 18.2 Å². The van der Waals surface area contributed by atoms with Crippen molar-refractivity contribution >= 4 is 22.8 Å². The number of likely N-dealkylation sites (tertiary alicyclic amines) is 1. The summed E-state index contributed by atoms with van der Waals surface area (Å²) in [7, 11) is 0. The predicted molar refractivity (Wildman–Crippen MR) is 96.0 cm³/mol. The van der Waals surface area contributed by atoms with Crippen LogP contribution in [0.2, 0.25) is 0 Å². The lowest BCUT2D eigenvalue weighted by molar-refractivity contribution is -0.119. The molecule has 4 atom stereocenters. The van der Waals surface area contributed by atoms with Gasteiger partial charge in [0.25, 0.3) is 11.8 Å². The molecule has 4 nitrogen and oxygen atoms in total. The van der Waals surface area contributed by atoms with Gasteiger partial charge in [0.05, 0.1) is 6.54 Å². The Morgan fingerprint density at radius 1 is 1.36 bits per heavy atom. The van der Waals surface area contributed by atoms with Crippen LogP contribution in [0, 0.1) is 11.8 Å². The molecule has 0 radical (unpaired) electrons. The fraction of sp³-hybridized carbons (Fsp3) is 0.889. The Morgan fingerprint density at radius 2 is 2.20 bits per heavy atom. The van der Waals surface area contributed by atoms with E-state index >= 15 is 0 Å². The number of nitrogens with zero attached hydrogens (tertiary/aromatic N) is 2. The number of nitrogens with one attached hydrogen (secondary N) is 1. The highest BCUT2D eigenvalue weighted by Gasteiger charge is 2.45. The summed E-state index contributed by atoms with van der Waals surface area (Å²) in [6.45, 7) is 2.95. The van der Waals surface area contributed by atoms with Gasteiger partial charge >= 0.3 is 0 Å². The third-order valence-corrected chi connectivity index (χ3v) is 7.63. The first-order valence-corrected chi connectivity index (χ1v) is 10.3. The lowest BCUT2D eigenvalue weighted by Gasteiger charge is -2.34. The van der Waals surface area contributed by atoms with Gasteiger partial charge in [0.15, 0.2) is 5.17 Å². The second-order valence-electron chi connectivity index (χ2n) is 8.47. The smallest absolute Gasteiger partial charge is 0.264 e. The van der Waals surface area contributed by atoms with Crippen molar-refractivity contribution in [2.75, 3.05) is 19.6 Å². The lowest BCUT2D eigenvalue weighted by atomic mass is 9.96. The molecule has 2 aliphatic heterocycles. The Hall–Kier alpha value is -0.690. The monoisotopic (exact) mass is 371 g/mol. The zero-order chi connectivity index (χ0) is 17.7. The van der Waals surface area contributed by atoms with Gasteiger partial charge in [-0.05, 0) is 57.4 Å². The Morgan fingerprint density at radius 3 is 2.88 bits per heavy atom. The predicted octanol–water partition coefficient (Wildman–Crippen LogP) is 3.27. The summed E-state index contributed by atoms with van der Waals surface area (Å²) < 4.78 is 26.5. The first-order valence-electron chi connectivity index (χ1n) is 9.52. The minimum Gasteiger partial charge on any atom is -0.361 e. The molecule has 2 bridgehead atoms. The fourth-order valence-electron chi connectivity index (χ4n) is 4.90. The maximum Gasteiger partial charge on any atom is 0.264 e. The topological polar surface area (TPSA) is 44.7 Å². The number of carbonyl (C=O) groups excluding carboxylic acids is 1. The van der Waals surface area contributed by atoms with E-state index in [0.29, 0.717) is 32.0 Å². The standard InChI is InChI=1S/C18H27F2N3OS/c1-17(6-8-23-7-2-5-18(19,20)11-23)15(24)22-16(25-17)21-14-10-12-3-4-13(14)9-12/h12-14H,2-11H2,1H3,(H,21,22,24). The number of hydrogen-bond donors (Lipinski definition) is 1. The highest BCUT2D eigenvalue weighted by Crippen LogP contribution is 2.45. The molecule has 4 unspecified atom stereocenters. The van der Waals surface area contributed by atoms with Crippen molar-refractivity contribution in [2.24, 2.45) is 16.8 Å². The molecule has 2 saturated carbocycles. The van der Waals surface area contributed by atoms with Gasteiger partial charge in [0.2, 0.25) is 0 Å². The summed E-state index contributed by atoms with van der Waals surface area (Å²) in [5.74, 6) is -1.13. The molecule has 1 N–H and O–H groups in total. The quantitative estimate of drug-likeness (QED) is 0.824. The molecule has 0 aromatic carbocycles. The molecule has 0 aromatic rings. The highest BCUT2D eigenvalue weighted by atomic mass is 32.2. The van der Waals surface area contributed by atoms with Crippen molar-refractivity contribution in [3.63, 3.8) is 0 Å². The summed E-state index contributed by atoms with van der Waals surface area (Å²) in [5, 5.41) is 4.25. The maximum atomic E-state index is 13.5. The van der Waals surface area contributed by atoms with Crippen LogP contribution in [-0.2, 0) is 4.79 Å². The molecule has 1 saturated heterocycles. The van der Waals surface area contributed by atoms with Crippen LogP contribution in [0.15, 0.2) is 4.99 Å². The molecular formula is C18H27F2N3OS. The van der Waals surface area contributed by atoms with E-state index in [9.17, 15) is 13.6 Å². The summed E-state index contributed by atoms with van der Waals surface area (Å²) >= 11 is 1.50.